The predicted molar refractivity (Wildman–Crippen MR) is 66.8 cm³/mol. The van der Waals surface area contributed by atoms with Crippen LogP contribution in [0.1, 0.15) is 29.6 Å². The molecule has 0 spiro atoms. The Morgan fingerprint density at radius 3 is 2.47 bits per heavy atom. The highest BCUT2D eigenvalue weighted by Gasteiger charge is 2.04. The van der Waals surface area contributed by atoms with Crippen LogP contribution in [0.2, 0.25) is 0 Å². The maximum atomic E-state index is 11.5. The van der Waals surface area contributed by atoms with Crippen molar-refractivity contribution in [3.63, 3.8) is 0 Å². The molecule has 0 bridgehead atoms. The van der Waals surface area contributed by atoms with Crippen molar-refractivity contribution in [1.82, 2.24) is 0 Å². The molecule has 0 saturated carbocycles. The van der Waals surface area contributed by atoms with Crippen LogP contribution in [0.3, 0.4) is 0 Å². The third-order valence-electron chi connectivity index (χ3n) is 2.21. The summed E-state index contributed by atoms with van der Waals surface area (Å²) < 4.78 is 10.4. The van der Waals surface area contributed by atoms with Gasteiger partial charge in [-0.1, -0.05) is 25.1 Å². The SMILES string of the molecule is [CH2]CCOCCCCOC(=O)c1ccccc1. The molecular formula is C14H19O3. The summed E-state index contributed by atoms with van der Waals surface area (Å²) in [5, 5.41) is 0. The molecule has 0 unspecified atom stereocenters. The Morgan fingerprint density at radius 2 is 1.76 bits per heavy atom. The summed E-state index contributed by atoms with van der Waals surface area (Å²) in [5.41, 5.74) is 0.598. The standard InChI is InChI=1S/C14H19O3/c1-2-10-16-11-6-7-12-17-14(15)13-8-4-3-5-9-13/h3-5,8-9H,1-2,6-7,10-12H2. The van der Waals surface area contributed by atoms with Crippen LogP contribution in [0.15, 0.2) is 30.3 Å². The fourth-order valence-corrected chi connectivity index (χ4v) is 1.33. The summed E-state index contributed by atoms with van der Waals surface area (Å²) in [6.07, 6.45) is 2.53. The molecule has 0 heterocycles. The Bertz CT molecular complexity index is 309. The van der Waals surface area contributed by atoms with E-state index >= 15 is 0 Å². The van der Waals surface area contributed by atoms with E-state index in [0.29, 0.717) is 25.4 Å². The number of hydrogen-bond acceptors (Lipinski definition) is 3. The van der Waals surface area contributed by atoms with Crippen molar-refractivity contribution in [2.24, 2.45) is 0 Å². The molecule has 0 aliphatic carbocycles. The zero-order chi connectivity index (χ0) is 12.3. The van der Waals surface area contributed by atoms with Crippen LogP contribution in [0.5, 0.6) is 0 Å². The zero-order valence-corrected chi connectivity index (χ0v) is 10.1. The summed E-state index contributed by atoms with van der Waals surface area (Å²) >= 11 is 0. The molecule has 3 heteroatoms. The van der Waals surface area contributed by atoms with Crippen molar-refractivity contribution in [1.29, 1.82) is 0 Å². The van der Waals surface area contributed by atoms with E-state index in [0.717, 1.165) is 19.3 Å². The number of rotatable bonds is 8. The van der Waals surface area contributed by atoms with E-state index in [1.807, 2.05) is 18.2 Å². The molecule has 0 aromatic heterocycles. The number of esters is 1. The normalized spacial score (nSPS) is 10.2. The van der Waals surface area contributed by atoms with Crippen molar-refractivity contribution >= 4 is 5.97 Å². The molecule has 0 aliphatic heterocycles. The third-order valence-corrected chi connectivity index (χ3v) is 2.21. The average molecular weight is 235 g/mol. The first-order valence-corrected chi connectivity index (χ1v) is 5.93. The molecule has 93 valence electrons. The van der Waals surface area contributed by atoms with Crippen molar-refractivity contribution in [2.75, 3.05) is 19.8 Å². The average Bonchev–Trinajstić information content (AvgIpc) is 2.38. The molecule has 1 rings (SSSR count). The van der Waals surface area contributed by atoms with Gasteiger partial charge in [-0.05, 0) is 31.4 Å². The van der Waals surface area contributed by atoms with Gasteiger partial charge in [0.2, 0.25) is 0 Å². The first-order chi connectivity index (χ1) is 8.34. The van der Waals surface area contributed by atoms with E-state index in [1.165, 1.54) is 0 Å². The second-order valence-electron chi connectivity index (χ2n) is 3.67. The van der Waals surface area contributed by atoms with Gasteiger partial charge in [-0.2, -0.15) is 0 Å². The van der Waals surface area contributed by atoms with Crippen molar-refractivity contribution in [2.45, 2.75) is 19.3 Å². The highest BCUT2D eigenvalue weighted by Crippen LogP contribution is 2.02. The van der Waals surface area contributed by atoms with Gasteiger partial charge in [-0.25, -0.2) is 4.79 Å². The van der Waals surface area contributed by atoms with E-state index in [-0.39, 0.29) is 5.97 Å². The van der Waals surface area contributed by atoms with Crippen LogP contribution in [-0.2, 0) is 9.47 Å². The van der Waals surface area contributed by atoms with E-state index < -0.39 is 0 Å². The summed E-state index contributed by atoms with van der Waals surface area (Å²) in [7, 11) is 0. The second-order valence-corrected chi connectivity index (χ2v) is 3.67. The van der Waals surface area contributed by atoms with Gasteiger partial charge in [0.15, 0.2) is 0 Å². The highest BCUT2D eigenvalue weighted by molar-refractivity contribution is 5.89. The first-order valence-electron chi connectivity index (χ1n) is 5.93. The Kier molecular flexibility index (Phi) is 7.07. The lowest BCUT2D eigenvalue weighted by molar-refractivity contribution is 0.0482. The smallest absolute Gasteiger partial charge is 0.338 e. The van der Waals surface area contributed by atoms with Crippen LogP contribution >= 0.6 is 0 Å². The number of benzene rings is 1. The largest absolute Gasteiger partial charge is 0.462 e. The summed E-state index contributed by atoms with van der Waals surface area (Å²) in [5.74, 6) is -0.260. The molecule has 0 atom stereocenters. The van der Waals surface area contributed by atoms with Gasteiger partial charge in [0.05, 0.1) is 12.2 Å². The van der Waals surface area contributed by atoms with Gasteiger partial charge in [-0.15, -0.1) is 0 Å². The van der Waals surface area contributed by atoms with Crippen molar-refractivity contribution in [3.8, 4) is 0 Å². The molecule has 0 saturated heterocycles. The minimum Gasteiger partial charge on any atom is -0.462 e. The van der Waals surface area contributed by atoms with Crippen molar-refractivity contribution in [3.05, 3.63) is 42.8 Å². The van der Waals surface area contributed by atoms with E-state index in [2.05, 4.69) is 6.92 Å². The predicted octanol–water partition coefficient (Wildman–Crippen LogP) is 2.86. The van der Waals surface area contributed by atoms with Gasteiger partial charge >= 0.3 is 5.97 Å². The fraction of sp³-hybridized carbons (Fsp3) is 0.429. The summed E-state index contributed by atoms with van der Waals surface area (Å²) in [6, 6.07) is 9.02. The molecule has 0 N–H and O–H groups in total. The quantitative estimate of drug-likeness (QED) is 0.513. The third kappa shape index (κ3) is 6.07. The molecule has 0 amide bonds. The highest BCUT2D eigenvalue weighted by atomic mass is 16.5. The fourth-order valence-electron chi connectivity index (χ4n) is 1.33. The van der Waals surface area contributed by atoms with E-state index in [4.69, 9.17) is 9.47 Å². The van der Waals surface area contributed by atoms with Crippen LogP contribution in [0.4, 0.5) is 0 Å². The number of carbonyl (C=O) groups is 1. The number of ether oxygens (including phenoxy) is 2. The van der Waals surface area contributed by atoms with Gasteiger partial charge < -0.3 is 9.47 Å². The van der Waals surface area contributed by atoms with Gasteiger partial charge in [-0.3, -0.25) is 0 Å². The summed E-state index contributed by atoms with van der Waals surface area (Å²) in [4.78, 5) is 11.5. The minimum atomic E-state index is -0.260. The van der Waals surface area contributed by atoms with Crippen LogP contribution < -0.4 is 0 Å². The zero-order valence-electron chi connectivity index (χ0n) is 10.1. The first kappa shape index (κ1) is 13.7. The number of carbonyl (C=O) groups excluding carboxylic acids is 1. The van der Waals surface area contributed by atoms with E-state index in [9.17, 15) is 4.79 Å². The lowest BCUT2D eigenvalue weighted by Gasteiger charge is -2.05. The van der Waals surface area contributed by atoms with E-state index in [1.54, 1.807) is 12.1 Å². The maximum absolute atomic E-state index is 11.5. The Labute approximate surface area is 103 Å². The number of hydrogen-bond donors (Lipinski definition) is 0. The lowest BCUT2D eigenvalue weighted by Crippen LogP contribution is -2.07. The monoisotopic (exact) mass is 235 g/mol. The molecule has 0 fully saturated rings. The lowest BCUT2D eigenvalue weighted by atomic mass is 10.2. The van der Waals surface area contributed by atoms with Crippen LogP contribution in [0.25, 0.3) is 0 Å². The molecule has 1 aromatic rings. The second kappa shape index (κ2) is 8.76. The Morgan fingerprint density at radius 1 is 1.06 bits per heavy atom. The van der Waals surface area contributed by atoms with Gasteiger partial charge in [0.1, 0.15) is 0 Å². The molecule has 0 aliphatic rings. The van der Waals surface area contributed by atoms with Gasteiger partial charge in [0.25, 0.3) is 0 Å². The molecule has 3 nitrogen and oxygen atoms in total. The van der Waals surface area contributed by atoms with Crippen LogP contribution in [0, 0.1) is 6.92 Å². The molecule has 1 radical (unpaired) electrons. The minimum absolute atomic E-state index is 0.260. The maximum Gasteiger partial charge on any atom is 0.338 e. The molecule has 17 heavy (non-hydrogen) atoms. The Hall–Kier alpha value is -1.35. The van der Waals surface area contributed by atoms with Gasteiger partial charge in [0, 0.05) is 13.2 Å². The molecule has 1 aromatic carbocycles. The Balaban J connectivity index is 2.05. The van der Waals surface area contributed by atoms with Crippen LogP contribution in [-0.4, -0.2) is 25.8 Å². The van der Waals surface area contributed by atoms with Crippen molar-refractivity contribution < 1.29 is 14.3 Å². The summed E-state index contributed by atoms with van der Waals surface area (Å²) in [6.45, 7) is 5.53. The molecular weight excluding hydrogens is 216 g/mol. The number of unbranched alkanes of at least 4 members (excludes halogenated alkanes) is 1. The topological polar surface area (TPSA) is 35.5 Å².